The van der Waals surface area contributed by atoms with E-state index < -0.39 is 10.8 Å². The molecule has 30 heavy (non-hydrogen) atoms. The largest absolute Gasteiger partial charge is 0.483 e. The number of non-ortho nitro benzene ring substituents is 1. The predicted molar refractivity (Wildman–Crippen MR) is 115 cm³/mol. The monoisotopic (exact) mass is 491 g/mol. The number of carbonyl (C=O) groups excluding carboxylic acids is 1. The third-order valence-corrected chi connectivity index (χ3v) is 4.90. The molecule has 0 saturated heterocycles. The van der Waals surface area contributed by atoms with Gasteiger partial charge in [-0.15, -0.1) is 0 Å². The number of halogens is 2. The van der Waals surface area contributed by atoms with E-state index in [0.29, 0.717) is 26.6 Å². The molecule has 9 nitrogen and oxygen atoms in total. The molecule has 1 heterocycles. The Labute approximate surface area is 184 Å². The molecule has 1 N–H and O–H groups in total. The van der Waals surface area contributed by atoms with Crippen molar-refractivity contribution in [1.29, 1.82) is 0 Å². The van der Waals surface area contributed by atoms with E-state index in [1.807, 2.05) is 30.3 Å². The van der Waals surface area contributed by atoms with Crippen LogP contribution in [-0.2, 0) is 4.79 Å². The van der Waals surface area contributed by atoms with Gasteiger partial charge in [-0.3, -0.25) is 14.9 Å². The van der Waals surface area contributed by atoms with Crippen molar-refractivity contribution < 1.29 is 14.5 Å². The summed E-state index contributed by atoms with van der Waals surface area (Å²) >= 11 is 9.56. The summed E-state index contributed by atoms with van der Waals surface area (Å²) in [6, 6.07) is 13.4. The lowest BCUT2D eigenvalue weighted by molar-refractivity contribution is -0.384. The molecule has 1 aromatic heterocycles. The lowest BCUT2D eigenvalue weighted by Gasteiger charge is -2.06. The van der Waals surface area contributed by atoms with Gasteiger partial charge in [0.25, 0.3) is 11.6 Å². The Morgan fingerprint density at radius 1 is 1.37 bits per heavy atom. The van der Waals surface area contributed by atoms with E-state index in [0.717, 1.165) is 5.69 Å². The highest BCUT2D eigenvalue weighted by atomic mass is 79.9. The maximum Gasteiger partial charge on any atom is 0.277 e. The number of hydrogen-bond acceptors (Lipinski definition) is 6. The van der Waals surface area contributed by atoms with E-state index in [9.17, 15) is 14.9 Å². The van der Waals surface area contributed by atoms with Crippen LogP contribution in [0.4, 0.5) is 5.69 Å². The van der Waals surface area contributed by atoms with Crippen molar-refractivity contribution in [2.24, 2.45) is 5.10 Å². The highest BCUT2D eigenvalue weighted by Gasteiger charge is 2.14. The maximum absolute atomic E-state index is 12.0. The first-order valence-electron chi connectivity index (χ1n) is 8.56. The number of benzene rings is 2. The Morgan fingerprint density at radius 3 is 2.77 bits per heavy atom. The topological polar surface area (TPSA) is 112 Å². The van der Waals surface area contributed by atoms with Crippen LogP contribution in [0.15, 0.2) is 58.1 Å². The smallest absolute Gasteiger partial charge is 0.277 e. The summed E-state index contributed by atoms with van der Waals surface area (Å²) in [6.45, 7) is 1.45. The predicted octanol–water partition coefficient (Wildman–Crippen LogP) is 4.03. The number of amides is 1. The van der Waals surface area contributed by atoms with Gasteiger partial charge in [-0.1, -0.05) is 29.8 Å². The number of hydrazone groups is 1. The van der Waals surface area contributed by atoms with Gasteiger partial charge < -0.3 is 4.74 Å². The average Bonchev–Trinajstić information content (AvgIpc) is 3.01. The number of aromatic nitrogens is 2. The standard InChI is InChI=1S/C19H15BrClN5O4/c1-12-15(19(21)25(24-12)13-5-3-2-4-6-13)10-22-23-18(27)11-30-17-8-7-14(26(28)29)9-16(17)20/h2-10H,11H2,1H3,(H,23,27)/b22-10-. The van der Waals surface area contributed by atoms with E-state index in [1.165, 1.54) is 24.4 Å². The van der Waals surface area contributed by atoms with E-state index in [4.69, 9.17) is 16.3 Å². The fraction of sp³-hybridized carbons (Fsp3) is 0.105. The van der Waals surface area contributed by atoms with Gasteiger partial charge in [0.05, 0.1) is 32.6 Å². The van der Waals surface area contributed by atoms with Gasteiger partial charge in [0.1, 0.15) is 10.9 Å². The highest BCUT2D eigenvalue weighted by Crippen LogP contribution is 2.29. The van der Waals surface area contributed by atoms with Crippen LogP contribution < -0.4 is 10.2 Å². The van der Waals surface area contributed by atoms with Crippen LogP contribution in [-0.4, -0.2) is 33.4 Å². The number of nitro benzene ring substituents is 1. The number of nitrogens with zero attached hydrogens (tertiary/aromatic N) is 4. The quantitative estimate of drug-likeness (QED) is 0.304. The van der Waals surface area contributed by atoms with Gasteiger partial charge in [0.2, 0.25) is 0 Å². The fourth-order valence-electron chi connectivity index (χ4n) is 2.46. The molecule has 154 valence electrons. The molecule has 0 saturated carbocycles. The Balaban J connectivity index is 1.60. The van der Waals surface area contributed by atoms with E-state index in [1.54, 1.807) is 11.6 Å². The average molecular weight is 493 g/mol. The minimum absolute atomic E-state index is 0.0911. The lowest BCUT2D eigenvalue weighted by atomic mass is 10.3. The summed E-state index contributed by atoms with van der Waals surface area (Å²) in [6.07, 6.45) is 1.41. The molecular formula is C19H15BrClN5O4. The van der Waals surface area contributed by atoms with Crippen molar-refractivity contribution in [2.75, 3.05) is 6.61 Å². The lowest BCUT2D eigenvalue weighted by Crippen LogP contribution is -2.24. The number of carbonyl (C=O) groups is 1. The molecule has 1 amide bonds. The molecule has 0 radical (unpaired) electrons. The first-order chi connectivity index (χ1) is 14.4. The van der Waals surface area contributed by atoms with Crippen molar-refractivity contribution >= 4 is 45.3 Å². The number of hydrogen-bond donors (Lipinski definition) is 1. The van der Waals surface area contributed by atoms with Crippen molar-refractivity contribution in [3.8, 4) is 11.4 Å². The van der Waals surface area contributed by atoms with Crippen molar-refractivity contribution in [1.82, 2.24) is 15.2 Å². The van der Waals surface area contributed by atoms with Crippen molar-refractivity contribution in [2.45, 2.75) is 6.92 Å². The molecule has 11 heteroatoms. The van der Waals surface area contributed by atoms with Crippen LogP contribution in [0.2, 0.25) is 5.15 Å². The number of para-hydroxylation sites is 1. The number of aryl methyl sites for hydroxylation is 1. The minimum atomic E-state index is -0.525. The minimum Gasteiger partial charge on any atom is -0.483 e. The van der Waals surface area contributed by atoms with Crippen LogP contribution in [0.5, 0.6) is 5.75 Å². The maximum atomic E-state index is 12.0. The Bertz CT molecular complexity index is 1120. The zero-order valence-electron chi connectivity index (χ0n) is 15.6. The van der Waals surface area contributed by atoms with E-state index in [-0.39, 0.29) is 12.3 Å². The van der Waals surface area contributed by atoms with Crippen molar-refractivity contribution in [3.05, 3.63) is 79.5 Å². The zero-order chi connectivity index (χ0) is 21.7. The van der Waals surface area contributed by atoms with Crippen LogP contribution in [0.1, 0.15) is 11.3 Å². The Kier molecular flexibility index (Phi) is 6.80. The summed E-state index contributed by atoms with van der Waals surface area (Å²) in [4.78, 5) is 22.2. The third-order valence-electron chi connectivity index (χ3n) is 3.92. The fourth-order valence-corrected chi connectivity index (χ4v) is 3.26. The summed E-state index contributed by atoms with van der Waals surface area (Å²) in [5.41, 5.74) is 4.27. The summed E-state index contributed by atoms with van der Waals surface area (Å²) in [5, 5.41) is 19.4. The Morgan fingerprint density at radius 2 is 2.10 bits per heavy atom. The molecule has 0 aliphatic carbocycles. The van der Waals surface area contributed by atoms with Gasteiger partial charge in [-0.25, -0.2) is 10.1 Å². The van der Waals surface area contributed by atoms with Crippen LogP contribution in [0.3, 0.4) is 0 Å². The second-order valence-corrected chi connectivity index (χ2v) is 7.20. The molecule has 2 aromatic carbocycles. The first kappa shape index (κ1) is 21.5. The second kappa shape index (κ2) is 9.51. The molecule has 0 fully saturated rings. The van der Waals surface area contributed by atoms with Crippen LogP contribution in [0, 0.1) is 17.0 Å². The van der Waals surface area contributed by atoms with Gasteiger partial charge >= 0.3 is 0 Å². The van der Waals surface area contributed by atoms with Crippen LogP contribution >= 0.6 is 27.5 Å². The molecule has 0 unspecified atom stereocenters. The Hall–Kier alpha value is -3.24. The third kappa shape index (κ3) is 5.02. The number of nitro groups is 1. The van der Waals surface area contributed by atoms with Crippen molar-refractivity contribution in [3.63, 3.8) is 0 Å². The van der Waals surface area contributed by atoms with Gasteiger partial charge in [-0.05, 0) is 41.1 Å². The van der Waals surface area contributed by atoms with Gasteiger partial charge in [-0.2, -0.15) is 10.2 Å². The number of rotatable bonds is 7. The second-order valence-electron chi connectivity index (χ2n) is 5.99. The highest BCUT2D eigenvalue weighted by molar-refractivity contribution is 9.10. The molecule has 0 atom stereocenters. The van der Waals surface area contributed by atoms with E-state index in [2.05, 4.69) is 31.6 Å². The first-order valence-corrected chi connectivity index (χ1v) is 9.73. The molecule has 0 bridgehead atoms. The summed E-state index contributed by atoms with van der Waals surface area (Å²) < 4.78 is 7.29. The van der Waals surface area contributed by atoms with E-state index >= 15 is 0 Å². The normalized spacial score (nSPS) is 10.9. The molecule has 3 aromatic rings. The SMILES string of the molecule is Cc1nn(-c2ccccc2)c(Cl)c1/C=N\NC(=O)COc1ccc([N+](=O)[O-])cc1Br. The number of ether oxygens (including phenoxy) is 1. The molecule has 0 aliphatic rings. The molecule has 0 aliphatic heterocycles. The van der Waals surface area contributed by atoms with Gasteiger partial charge in [0, 0.05) is 12.1 Å². The van der Waals surface area contributed by atoms with Gasteiger partial charge in [0.15, 0.2) is 6.61 Å². The number of nitrogens with one attached hydrogen (secondary N) is 1. The summed E-state index contributed by atoms with van der Waals surface area (Å²) in [7, 11) is 0. The molecule has 3 rings (SSSR count). The van der Waals surface area contributed by atoms with Crippen LogP contribution in [0.25, 0.3) is 5.69 Å². The molecule has 0 spiro atoms. The molecular weight excluding hydrogens is 478 g/mol. The summed E-state index contributed by atoms with van der Waals surface area (Å²) in [5.74, 6) is -0.219. The zero-order valence-corrected chi connectivity index (χ0v) is 17.9.